The van der Waals surface area contributed by atoms with Crippen molar-refractivity contribution in [3.8, 4) is 0 Å². The molecule has 0 aromatic carbocycles. The minimum Gasteiger partial charge on any atom is -0.376 e. The molecule has 0 aromatic heterocycles. The highest BCUT2D eigenvalue weighted by Gasteiger charge is 2.23. The molecule has 20 heavy (non-hydrogen) atoms. The van der Waals surface area contributed by atoms with Crippen LogP contribution in [-0.2, 0) is 14.3 Å². The lowest BCUT2D eigenvalue weighted by Crippen LogP contribution is -2.45. The first-order chi connectivity index (χ1) is 9.69. The molecule has 0 bridgehead atoms. The molecule has 1 heterocycles. The molecule has 1 aliphatic rings. The second-order valence-corrected chi connectivity index (χ2v) is 5.34. The van der Waals surface area contributed by atoms with E-state index in [1.165, 1.54) is 0 Å². The summed E-state index contributed by atoms with van der Waals surface area (Å²) in [5.74, 6) is -0.891. The van der Waals surface area contributed by atoms with Crippen LogP contribution in [0.25, 0.3) is 0 Å². The predicted molar refractivity (Wildman–Crippen MR) is 78.4 cm³/mol. The molecular formula is C15H28N2O3. The second kappa shape index (κ2) is 9.75. The monoisotopic (exact) mass is 284 g/mol. The van der Waals surface area contributed by atoms with E-state index in [1.54, 1.807) is 4.90 Å². The molecule has 0 spiro atoms. The van der Waals surface area contributed by atoms with Crippen LogP contribution in [-0.4, -0.2) is 49.1 Å². The number of carbonyl (C=O) groups excluding carboxylic acids is 2. The fraction of sp³-hybridized carbons (Fsp3) is 0.867. The minimum atomic E-state index is -0.493. The molecule has 5 heteroatoms. The van der Waals surface area contributed by atoms with E-state index in [4.69, 9.17) is 4.74 Å². The van der Waals surface area contributed by atoms with Crippen LogP contribution in [0.4, 0.5) is 0 Å². The zero-order valence-corrected chi connectivity index (χ0v) is 12.8. The zero-order chi connectivity index (χ0) is 14.8. The van der Waals surface area contributed by atoms with E-state index >= 15 is 0 Å². The number of nitrogens with zero attached hydrogens (tertiary/aromatic N) is 1. The van der Waals surface area contributed by atoms with Crippen molar-refractivity contribution in [2.45, 2.75) is 58.5 Å². The average Bonchev–Trinajstić information content (AvgIpc) is 2.97. The Kier molecular flexibility index (Phi) is 8.26. The standard InChI is InChI=1S/C15H28N2O3/c1-3-5-9-17(10-6-4-2)15(19)14(18)16-12-13-8-7-11-20-13/h13H,3-12H2,1-2H3,(H,16,18). The van der Waals surface area contributed by atoms with E-state index in [2.05, 4.69) is 19.2 Å². The molecular weight excluding hydrogens is 256 g/mol. The summed E-state index contributed by atoms with van der Waals surface area (Å²) in [5, 5.41) is 2.70. The summed E-state index contributed by atoms with van der Waals surface area (Å²) in [4.78, 5) is 25.7. The summed E-state index contributed by atoms with van der Waals surface area (Å²) in [7, 11) is 0. The number of unbranched alkanes of at least 4 members (excludes halogenated alkanes) is 2. The van der Waals surface area contributed by atoms with Crippen LogP contribution in [0.5, 0.6) is 0 Å². The van der Waals surface area contributed by atoms with Crippen molar-refractivity contribution in [2.75, 3.05) is 26.2 Å². The van der Waals surface area contributed by atoms with Gasteiger partial charge in [0.05, 0.1) is 6.10 Å². The van der Waals surface area contributed by atoms with E-state index in [0.29, 0.717) is 19.6 Å². The van der Waals surface area contributed by atoms with Gasteiger partial charge >= 0.3 is 11.8 Å². The molecule has 1 N–H and O–H groups in total. The van der Waals surface area contributed by atoms with Gasteiger partial charge in [-0.05, 0) is 25.7 Å². The minimum absolute atomic E-state index is 0.0754. The maximum Gasteiger partial charge on any atom is 0.311 e. The van der Waals surface area contributed by atoms with Crippen LogP contribution in [0.2, 0.25) is 0 Å². The molecule has 1 fully saturated rings. The smallest absolute Gasteiger partial charge is 0.311 e. The molecule has 0 radical (unpaired) electrons. The molecule has 1 aliphatic heterocycles. The Morgan fingerprint density at radius 3 is 2.35 bits per heavy atom. The Bertz CT molecular complexity index is 293. The molecule has 2 amide bonds. The van der Waals surface area contributed by atoms with Crippen molar-refractivity contribution in [2.24, 2.45) is 0 Å². The number of rotatable bonds is 8. The highest BCUT2D eigenvalue weighted by atomic mass is 16.5. The van der Waals surface area contributed by atoms with Gasteiger partial charge in [0, 0.05) is 26.2 Å². The first-order valence-corrected chi connectivity index (χ1v) is 7.87. The van der Waals surface area contributed by atoms with Gasteiger partial charge in [0.25, 0.3) is 0 Å². The van der Waals surface area contributed by atoms with Gasteiger partial charge in [-0.15, -0.1) is 0 Å². The molecule has 0 saturated carbocycles. The summed E-state index contributed by atoms with van der Waals surface area (Å²) < 4.78 is 5.43. The van der Waals surface area contributed by atoms with E-state index < -0.39 is 11.8 Å². The summed E-state index contributed by atoms with van der Waals surface area (Å²) in [5.41, 5.74) is 0. The van der Waals surface area contributed by atoms with Crippen molar-refractivity contribution in [3.63, 3.8) is 0 Å². The van der Waals surface area contributed by atoms with Gasteiger partial charge in [0.15, 0.2) is 0 Å². The van der Waals surface area contributed by atoms with E-state index in [1.807, 2.05) is 0 Å². The fourth-order valence-electron chi connectivity index (χ4n) is 2.24. The molecule has 1 rings (SSSR count). The third kappa shape index (κ3) is 5.90. The van der Waals surface area contributed by atoms with E-state index in [-0.39, 0.29) is 6.10 Å². The number of hydrogen-bond acceptors (Lipinski definition) is 3. The molecule has 116 valence electrons. The van der Waals surface area contributed by atoms with Gasteiger partial charge in [-0.3, -0.25) is 9.59 Å². The van der Waals surface area contributed by atoms with Crippen LogP contribution >= 0.6 is 0 Å². The first kappa shape index (κ1) is 17.0. The lowest BCUT2D eigenvalue weighted by molar-refractivity contribution is -0.146. The number of amides is 2. The van der Waals surface area contributed by atoms with E-state index in [0.717, 1.165) is 45.1 Å². The summed E-state index contributed by atoms with van der Waals surface area (Å²) in [6, 6.07) is 0. The number of carbonyl (C=O) groups is 2. The first-order valence-electron chi connectivity index (χ1n) is 7.87. The average molecular weight is 284 g/mol. The predicted octanol–water partition coefficient (Wildman–Crippen LogP) is 1.71. The summed E-state index contributed by atoms with van der Waals surface area (Å²) >= 11 is 0. The fourth-order valence-corrected chi connectivity index (χ4v) is 2.24. The maximum absolute atomic E-state index is 12.1. The molecule has 0 aliphatic carbocycles. The molecule has 1 atom stereocenters. The van der Waals surface area contributed by atoms with Gasteiger partial charge in [-0.2, -0.15) is 0 Å². The molecule has 1 unspecified atom stereocenters. The lowest BCUT2D eigenvalue weighted by Gasteiger charge is -2.22. The molecule has 1 saturated heterocycles. The number of ether oxygens (including phenoxy) is 1. The Morgan fingerprint density at radius 1 is 1.20 bits per heavy atom. The third-order valence-electron chi connectivity index (χ3n) is 3.56. The Balaban J connectivity index is 2.37. The quantitative estimate of drug-likeness (QED) is 0.690. The summed E-state index contributed by atoms with van der Waals surface area (Å²) in [6.45, 7) is 6.71. The van der Waals surface area contributed by atoms with Gasteiger partial charge in [0.1, 0.15) is 0 Å². The normalized spacial score (nSPS) is 18.0. The van der Waals surface area contributed by atoms with Gasteiger partial charge < -0.3 is 15.0 Å². The van der Waals surface area contributed by atoms with Crippen LogP contribution in [0.1, 0.15) is 52.4 Å². The Morgan fingerprint density at radius 2 is 1.85 bits per heavy atom. The van der Waals surface area contributed by atoms with Crippen molar-refractivity contribution in [1.29, 1.82) is 0 Å². The topological polar surface area (TPSA) is 58.6 Å². The zero-order valence-electron chi connectivity index (χ0n) is 12.8. The second-order valence-electron chi connectivity index (χ2n) is 5.34. The van der Waals surface area contributed by atoms with Gasteiger partial charge in [-0.25, -0.2) is 0 Å². The summed E-state index contributed by atoms with van der Waals surface area (Å²) in [6.07, 6.45) is 5.99. The highest BCUT2D eigenvalue weighted by Crippen LogP contribution is 2.10. The maximum atomic E-state index is 12.1. The van der Waals surface area contributed by atoms with E-state index in [9.17, 15) is 9.59 Å². The van der Waals surface area contributed by atoms with Crippen LogP contribution < -0.4 is 5.32 Å². The van der Waals surface area contributed by atoms with Crippen molar-refractivity contribution in [1.82, 2.24) is 10.2 Å². The SMILES string of the molecule is CCCCN(CCCC)C(=O)C(=O)NCC1CCCO1. The van der Waals surface area contributed by atoms with Gasteiger partial charge in [0.2, 0.25) is 0 Å². The van der Waals surface area contributed by atoms with Crippen molar-refractivity contribution in [3.05, 3.63) is 0 Å². The van der Waals surface area contributed by atoms with Crippen molar-refractivity contribution < 1.29 is 14.3 Å². The lowest BCUT2D eigenvalue weighted by atomic mass is 10.2. The van der Waals surface area contributed by atoms with Crippen LogP contribution in [0, 0.1) is 0 Å². The Hall–Kier alpha value is -1.10. The third-order valence-corrected chi connectivity index (χ3v) is 3.56. The largest absolute Gasteiger partial charge is 0.376 e. The highest BCUT2D eigenvalue weighted by molar-refractivity contribution is 6.35. The molecule has 5 nitrogen and oxygen atoms in total. The Labute approximate surface area is 122 Å². The van der Waals surface area contributed by atoms with Crippen LogP contribution in [0.3, 0.4) is 0 Å². The number of nitrogens with one attached hydrogen (secondary N) is 1. The van der Waals surface area contributed by atoms with Crippen molar-refractivity contribution >= 4 is 11.8 Å². The molecule has 0 aromatic rings. The number of hydrogen-bond donors (Lipinski definition) is 1. The van der Waals surface area contributed by atoms with Crippen LogP contribution in [0.15, 0.2) is 0 Å². The van der Waals surface area contributed by atoms with Gasteiger partial charge in [-0.1, -0.05) is 26.7 Å².